The summed E-state index contributed by atoms with van der Waals surface area (Å²) >= 11 is 0. The van der Waals surface area contributed by atoms with Crippen molar-refractivity contribution in [1.82, 2.24) is 0 Å². The van der Waals surface area contributed by atoms with Crippen LogP contribution in [-0.2, 0) is 14.9 Å². The van der Waals surface area contributed by atoms with E-state index in [-0.39, 0.29) is 6.61 Å². The molecule has 6 heteroatoms. The molecule has 0 amide bonds. The first-order valence-electron chi connectivity index (χ1n) is 7.42. The highest BCUT2D eigenvalue weighted by Gasteiger charge is 2.44. The van der Waals surface area contributed by atoms with Crippen molar-refractivity contribution in [3.8, 4) is 11.1 Å². The molecule has 0 radical (unpaired) electrons. The van der Waals surface area contributed by atoms with Crippen LogP contribution in [-0.4, -0.2) is 27.4 Å². The molecule has 2 nitrogen and oxygen atoms in total. The number of ether oxygens (including phenoxy) is 2. The molecule has 1 aliphatic rings. The molecule has 0 aromatic heterocycles. The van der Waals surface area contributed by atoms with Gasteiger partial charge in [0.25, 0.3) is 0 Å². The van der Waals surface area contributed by atoms with Crippen LogP contribution in [0.4, 0.5) is 17.6 Å². The van der Waals surface area contributed by atoms with E-state index in [0.717, 1.165) is 24.3 Å². The molecule has 0 fully saturated rings. The van der Waals surface area contributed by atoms with Crippen LogP contribution in [0, 0.1) is 23.3 Å². The lowest BCUT2D eigenvalue weighted by Crippen LogP contribution is -2.32. The third-order valence-electron chi connectivity index (χ3n) is 4.57. The van der Waals surface area contributed by atoms with Crippen LogP contribution < -0.4 is 0 Å². The van der Waals surface area contributed by atoms with E-state index >= 15 is 0 Å². The monoisotopic (exact) mass is 340 g/mol. The molecule has 0 spiro atoms. The fourth-order valence-corrected chi connectivity index (χ4v) is 3.50. The fourth-order valence-electron chi connectivity index (χ4n) is 3.50. The Labute approximate surface area is 137 Å². The zero-order valence-electron chi connectivity index (χ0n) is 13.3. The summed E-state index contributed by atoms with van der Waals surface area (Å²) in [6, 6.07) is 4.19. The summed E-state index contributed by atoms with van der Waals surface area (Å²) in [5, 5.41) is 0. The molecule has 0 saturated heterocycles. The molecule has 128 valence electrons. The highest BCUT2D eigenvalue weighted by atomic mass is 19.2. The van der Waals surface area contributed by atoms with Gasteiger partial charge in [-0.3, -0.25) is 0 Å². The summed E-state index contributed by atoms with van der Waals surface area (Å²) in [4.78, 5) is 0. The van der Waals surface area contributed by atoms with Gasteiger partial charge in [0.15, 0.2) is 23.3 Å². The molecule has 3 rings (SSSR count). The maximum absolute atomic E-state index is 13.9. The Morgan fingerprint density at radius 2 is 1.21 bits per heavy atom. The number of rotatable bonds is 5. The first kappa shape index (κ1) is 16.9. The standard InChI is InChI=1S/C18H16F4O2/c1-23-4-3-18(9-24-2)12-7-16(21)14(19)5-10(12)11-6-15(20)17(22)8-13(11)18/h5-8H,3-4,9H2,1-2H3. The van der Waals surface area contributed by atoms with Crippen LogP contribution in [0.5, 0.6) is 0 Å². The van der Waals surface area contributed by atoms with E-state index < -0.39 is 28.7 Å². The Bertz CT molecular complexity index is 732. The maximum Gasteiger partial charge on any atom is 0.159 e. The number of fused-ring (bicyclic) bond motifs is 3. The molecule has 2 aromatic carbocycles. The summed E-state index contributed by atoms with van der Waals surface area (Å²) in [6.45, 7) is 0.396. The highest BCUT2D eigenvalue weighted by molar-refractivity contribution is 5.81. The zero-order valence-corrected chi connectivity index (χ0v) is 13.3. The summed E-state index contributed by atoms with van der Waals surface area (Å²) < 4.78 is 65.6. The van der Waals surface area contributed by atoms with Gasteiger partial charge in [0, 0.05) is 26.2 Å². The van der Waals surface area contributed by atoms with E-state index in [0.29, 0.717) is 35.3 Å². The third kappa shape index (κ3) is 2.41. The van der Waals surface area contributed by atoms with Crippen LogP contribution in [0.25, 0.3) is 11.1 Å². The average Bonchev–Trinajstić information content (AvgIpc) is 2.77. The largest absolute Gasteiger partial charge is 0.385 e. The molecule has 0 unspecified atom stereocenters. The number of benzene rings is 2. The number of hydrogen-bond acceptors (Lipinski definition) is 2. The summed E-state index contributed by atoms with van der Waals surface area (Å²) in [7, 11) is 2.97. The van der Waals surface area contributed by atoms with E-state index in [2.05, 4.69) is 0 Å². The lowest BCUT2D eigenvalue weighted by molar-refractivity contribution is 0.114. The topological polar surface area (TPSA) is 18.5 Å². The van der Waals surface area contributed by atoms with Crippen LogP contribution >= 0.6 is 0 Å². The van der Waals surface area contributed by atoms with Gasteiger partial charge in [-0.05, 0) is 52.9 Å². The van der Waals surface area contributed by atoms with Gasteiger partial charge in [-0.15, -0.1) is 0 Å². The van der Waals surface area contributed by atoms with Crippen molar-refractivity contribution in [1.29, 1.82) is 0 Å². The summed E-state index contributed by atoms with van der Waals surface area (Å²) in [5.41, 5.74) is 0.644. The molecule has 0 aliphatic heterocycles. The van der Waals surface area contributed by atoms with Crippen LogP contribution in [0.2, 0.25) is 0 Å². The molecule has 0 atom stereocenters. The second-order valence-electron chi connectivity index (χ2n) is 5.88. The summed E-state index contributed by atoms with van der Waals surface area (Å²) in [6.07, 6.45) is 0.355. The lowest BCUT2D eigenvalue weighted by Gasteiger charge is -2.31. The summed E-state index contributed by atoms with van der Waals surface area (Å²) in [5.74, 6) is -4.10. The molecule has 0 bridgehead atoms. The van der Waals surface area contributed by atoms with Crippen LogP contribution in [0.3, 0.4) is 0 Å². The van der Waals surface area contributed by atoms with E-state index in [4.69, 9.17) is 9.47 Å². The predicted octanol–water partition coefficient (Wildman–Crippen LogP) is 4.19. The Kier molecular flexibility index (Phi) is 4.36. The smallest absolute Gasteiger partial charge is 0.159 e. The zero-order chi connectivity index (χ0) is 17.5. The normalized spacial score (nSPS) is 14.6. The highest BCUT2D eigenvalue weighted by Crippen LogP contribution is 2.52. The number of hydrogen-bond donors (Lipinski definition) is 0. The van der Waals surface area contributed by atoms with Crippen molar-refractivity contribution in [3.63, 3.8) is 0 Å². The minimum Gasteiger partial charge on any atom is -0.385 e. The van der Waals surface area contributed by atoms with Crippen molar-refractivity contribution >= 4 is 0 Å². The Balaban J connectivity index is 2.33. The second-order valence-corrected chi connectivity index (χ2v) is 5.88. The minimum absolute atomic E-state index is 0.104. The van der Waals surface area contributed by atoms with E-state index in [1.807, 2.05) is 0 Å². The Morgan fingerprint density at radius 1 is 0.750 bits per heavy atom. The predicted molar refractivity (Wildman–Crippen MR) is 80.9 cm³/mol. The van der Waals surface area contributed by atoms with E-state index in [1.54, 1.807) is 0 Å². The molecule has 0 N–H and O–H groups in total. The first-order valence-corrected chi connectivity index (χ1v) is 7.42. The molecular formula is C18H16F4O2. The van der Waals surface area contributed by atoms with Crippen molar-refractivity contribution in [2.75, 3.05) is 27.4 Å². The van der Waals surface area contributed by atoms with Crippen molar-refractivity contribution in [2.24, 2.45) is 0 Å². The second kappa shape index (κ2) is 6.18. The molecule has 24 heavy (non-hydrogen) atoms. The molecular weight excluding hydrogens is 324 g/mol. The molecule has 2 aromatic rings. The van der Waals surface area contributed by atoms with Crippen LogP contribution in [0.15, 0.2) is 24.3 Å². The third-order valence-corrected chi connectivity index (χ3v) is 4.57. The van der Waals surface area contributed by atoms with E-state index in [1.165, 1.54) is 14.2 Å². The van der Waals surface area contributed by atoms with Crippen molar-refractivity contribution in [3.05, 3.63) is 58.7 Å². The average molecular weight is 340 g/mol. The van der Waals surface area contributed by atoms with E-state index in [9.17, 15) is 17.6 Å². The van der Waals surface area contributed by atoms with Crippen molar-refractivity contribution in [2.45, 2.75) is 11.8 Å². The fraction of sp³-hybridized carbons (Fsp3) is 0.333. The number of methoxy groups -OCH3 is 2. The minimum atomic E-state index is -1.04. The van der Waals surface area contributed by atoms with Gasteiger partial charge in [0.2, 0.25) is 0 Å². The van der Waals surface area contributed by atoms with Gasteiger partial charge in [0.1, 0.15) is 0 Å². The van der Waals surface area contributed by atoms with Gasteiger partial charge in [0.05, 0.1) is 6.61 Å². The first-order chi connectivity index (χ1) is 11.4. The van der Waals surface area contributed by atoms with Gasteiger partial charge in [-0.1, -0.05) is 0 Å². The maximum atomic E-state index is 13.9. The molecule has 1 aliphatic carbocycles. The van der Waals surface area contributed by atoms with Crippen molar-refractivity contribution < 1.29 is 27.0 Å². The lowest BCUT2D eigenvalue weighted by atomic mass is 9.76. The number of halogens is 4. The van der Waals surface area contributed by atoms with Gasteiger partial charge >= 0.3 is 0 Å². The van der Waals surface area contributed by atoms with Crippen LogP contribution in [0.1, 0.15) is 17.5 Å². The van der Waals surface area contributed by atoms with Gasteiger partial charge < -0.3 is 9.47 Å². The van der Waals surface area contributed by atoms with Gasteiger partial charge in [-0.25, -0.2) is 17.6 Å². The Hall–Kier alpha value is -1.92. The Morgan fingerprint density at radius 3 is 1.62 bits per heavy atom. The molecule has 0 heterocycles. The SMILES string of the molecule is COCCC1(COC)c2cc(F)c(F)cc2-c2cc(F)c(F)cc21. The quantitative estimate of drug-likeness (QED) is 0.760. The molecule has 0 saturated carbocycles. The van der Waals surface area contributed by atoms with Gasteiger partial charge in [-0.2, -0.15) is 0 Å².